The zero-order chi connectivity index (χ0) is 17.9. The first-order valence-corrected chi connectivity index (χ1v) is 11.1. The molecule has 26 heavy (non-hydrogen) atoms. The molecule has 4 fully saturated rings. The fraction of sp³-hybridized carbons (Fsp3) is 0.870. The zero-order valence-electron chi connectivity index (χ0n) is 16.5. The number of ketones is 1. The van der Waals surface area contributed by atoms with E-state index in [1.807, 2.05) is 0 Å². The fourth-order valence-electron chi connectivity index (χ4n) is 7.91. The smallest absolute Gasteiger partial charge is 0.188 e. The van der Waals surface area contributed by atoms with Crippen molar-refractivity contribution in [2.75, 3.05) is 13.2 Å². The van der Waals surface area contributed by atoms with Crippen LogP contribution in [0.25, 0.3) is 0 Å². The Balaban J connectivity index is 1.46. The van der Waals surface area contributed by atoms with Crippen molar-refractivity contribution < 1.29 is 14.3 Å². The zero-order valence-corrected chi connectivity index (χ0v) is 16.5. The molecule has 1 aliphatic heterocycles. The van der Waals surface area contributed by atoms with E-state index >= 15 is 0 Å². The first-order valence-electron chi connectivity index (χ1n) is 11.1. The number of Topliss-reactive ketones (excluding diaryl/α,β-unsaturated/α-hetero) is 1. The van der Waals surface area contributed by atoms with Gasteiger partial charge in [-0.2, -0.15) is 0 Å². The van der Waals surface area contributed by atoms with E-state index in [0.717, 1.165) is 63.6 Å². The van der Waals surface area contributed by atoms with E-state index in [1.165, 1.54) is 19.3 Å². The van der Waals surface area contributed by atoms with Crippen LogP contribution in [0, 0.1) is 35.0 Å². The van der Waals surface area contributed by atoms with Crippen LogP contribution < -0.4 is 0 Å². The van der Waals surface area contributed by atoms with Crippen LogP contribution in [0.3, 0.4) is 0 Å². The van der Waals surface area contributed by atoms with Gasteiger partial charge in [0.1, 0.15) is 5.78 Å². The number of allylic oxidation sites excluding steroid dienone is 1. The van der Waals surface area contributed by atoms with Crippen LogP contribution in [0.5, 0.6) is 0 Å². The highest BCUT2D eigenvalue weighted by Crippen LogP contribution is 2.64. The van der Waals surface area contributed by atoms with Crippen molar-refractivity contribution in [2.24, 2.45) is 35.0 Å². The molecule has 0 aromatic rings. The van der Waals surface area contributed by atoms with Gasteiger partial charge in [-0.3, -0.25) is 4.79 Å². The predicted octanol–water partition coefficient (Wildman–Crippen LogP) is 4.90. The van der Waals surface area contributed by atoms with Crippen molar-refractivity contribution >= 4 is 5.78 Å². The van der Waals surface area contributed by atoms with Crippen LogP contribution in [0.15, 0.2) is 11.6 Å². The molecule has 0 bridgehead atoms. The number of carbonyl (C=O) groups is 1. The van der Waals surface area contributed by atoms with Crippen molar-refractivity contribution in [1.29, 1.82) is 0 Å². The predicted molar refractivity (Wildman–Crippen MR) is 101 cm³/mol. The first kappa shape index (κ1) is 17.4. The van der Waals surface area contributed by atoms with Crippen molar-refractivity contribution in [1.82, 2.24) is 0 Å². The standard InChI is InChI=1S/C23H34O3/c1-3-8-22-9-6-18-17-7-10-23(25-11-12-26-23)14-16(17)13-15(2)21(18)19(22)4-5-20(22)24/h14-15,17-19,21H,3-13H2,1-2H3/t15-,17?,18?,19?,21?,22+/m1/s1. The third-order valence-electron chi connectivity index (χ3n) is 8.72. The maximum Gasteiger partial charge on any atom is 0.188 e. The van der Waals surface area contributed by atoms with Gasteiger partial charge in [0.05, 0.1) is 13.2 Å². The molecule has 0 radical (unpaired) electrons. The largest absolute Gasteiger partial charge is 0.344 e. The van der Waals surface area contributed by atoms with Crippen LogP contribution in [0.1, 0.15) is 71.6 Å². The number of ether oxygens (including phenoxy) is 2. The summed E-state index contributed by atoms with van der Waals surface area (Å²) in [6.07, 6.45) is 12.5. The van der Waals surface area contributed by atoms with Gasteiger partial charge in [-0.15, -0.1) is 0 Å². The molecule has 5 aliphatic rings. The Morgan fingerprint density at radius 2 is 1.96 bits per heavy atom. The third kappa shape index (κ3) is 2.35. The molecule has 5 rings (SSSR count). The van der Waals surface area contributed by atoms with Gasteiger partial charge in [0.2, 0.25) is 0 Å². The topological polar surface area (TPSA) is 35.5 Å². The van der Waals surface area contributed by atoms with E-state index in [1.54, 1.807) is 5.57 Å². The second kappa shape index (κ2) is 6.17. The van der Waals surface area contributed by atoms with Crippen LogP contribution in [0.4, 0.5) is 0 Å². The van der Waals surface area contributed by atoms with Gasteiger partial charge in [-0.05, 0) is 74.2 Å². The summed E-state index contributed by atoms with van der Waals surface area (Å²) in [5.74, 6) is 3.79. The van der Waals surface area contributed by atoms with Crippen LogP contribution >= 0.6 is 0 Å². The average molecular weight is 359 g/mol. The lowest BCUT2D eigenvalue weighted by atomic mass is 9.48. The van der Waals surface area contributed by atoms with Crippen LogP contribution in [-0.4, -0.2) is 24.8 Å². The minimum absolute atomic E-state index is 0.0406. The molecule has 144 valence electrons. The van der Waals surface area contributed by atoms with Crippen LogP contribution in [0.2, 0.25) is 0 Å². The lowest BCUT2D eigenvalue weighted by molar-refractivity contribution is -0.141. The minimum Gasteiger partial charge on any atom is -0.344 e. The van der Waals surface area contributed by atoms with Gasteiger partial charge in [0, 0.05) is 18.3 Å². The van der Waals surface area contributed by atoms with E-state index in [0.29, 0.717) is 23.5 Å². The average Bonchev–Trinajstić information content (AvgIpc) is 3.20. The van der Waals surface area contributed by atoms with Gasteiger partial charge in [-0.25, -0.2) is 0 Å². The van der Waals surface area contributed by atoms with Gasteiger partial charge in [0.15, 0.2) is 5.79 Å². The summed E-state index contributed by atoms with van der Waals surface area (Å²) in [7, 11) is 0. The highest BCUT2D eigenvalue weighted by atomic mass is 16.7. The fourth-order valence-corrected chi connectivity index (χ4v) is 7.91. The Bertz CT molecular complexity index is 617. The number of hydrogen-bond acceptors (Lipinski definition) is 3. The highest BCUT2D eigenvalue weighted by molar-refractivity contribution is 5.87. The Labute approximate surface area is 157 Å². The lowest BCUT2D eigenvalue weighted by Crippen LogP contribution is -2.51. The summed E-state index contributed by atoms with van der Waals surface area (Å²) < 4.78 is 12.0. The molecule has 1 spiro atoms. The Hall–Kier alpha value is -0.670. The molecule has 4 unspecified atom stereocenters. The van der Waals surface area contributed by atoms with Crippen molar-refractivity contribution in [3.8, 4) is 0 Å². The molecule has 0 aromatic heterocycles. The van der Waals surface area contributed by atoms with Gasteiger partial charge >= 0.3 is 0 Å². The number of hydrogen-bond donors (Lipinski definition) is 0. The second-order valence-corrected chi connectivity index (χ2v) is 9.81. The summed E-state index contributed by atoms with van der Waals surface area (Å²) >= 11 is 0. The number of rotatable bonds is 2. The molecular weight excluding hydrogens is 324 g/mol. The molecule has 3 heteroatoms. The molecule has 0 N–H and O–H groups in total. The van der Waals surface area contributed by atoms with E-state index in [4.69, 9.17) is 9.47 Å². The molecule has 4 aliphatic carbocycles. The molecule has 0 amide bonds. The number of carbonyl (C=O) groups excluding carboxylic acids is 1. The van der Waals surface area contributed by atoms with Crippen LogP contribution in [-0.2, 0) is 14.3 Å². The Morgan fingerprint density at radius 1 is 1.15 bits per heavy atom. The van der Waals surface area contributed by atoms with E-state index < -0.39 is 5.79 Å². The Morgan fingerprint density at radius 3 is 2.73 bits per heavy atom. The lowest BCUT2D eigenvalue weighted by Gasteiger charge is -2.56. The SMILES string of the molecule is CCC[C@]12CCC3C4CCC5(C=C4C[C@@H](C)C3C1CCC2=O)OCCO5. The normalized spacial score (nSPS) is 46.6. The van der Waals surface area contributed by atoms with Crippen molar-refractivity contribution in [3.05, 3.63) is 11.6 Å². The van der Waals surface area contributed by atoms with E-state index in [2.05, 4.69) is 19.9 Å². The minimum atomic E-state index is -0.400. The van der Waals surface area contributed by atoms with Crippen molar-refractivity contribution in [2.45, 2.75) is 77.4 Å². The van der Waals surface area contributed by atoms with E-state index in [-0.39, 0.29) is 5.41 Å². The molecule has 6 atom stereocenters. The maximum absolute atomic E-state index is 12.9. The third-order valence-corrected chi connectivity index (χ3v) is 8.72. The molecule has 3 nitrogen and oxygen atoms in total. The maximum atomic E-state index is 12.9. The van der Waals surface area contributed by atoms with Crippen molar-refractivity contribution in [3.63, 3.8) is 0 Å². The molecular formula is C23H34O3. The summed E-state index contributed by atoms with van der Waals surface area (Å²) in [5.41, 5.74) is 1.65. The summed E-state index contributed by atoms with van der Waals surface area (Å²) in [6.45, 7) is 6.19. The highest BCUT2D eigenvalue weighted by Gasteiger charge is 2.59. The summed E-state index contributed by atoms with van der Waals surface area (Å²) in [4.78, 5) is 12.9. The quantitative estimate of drug-likeness (QED) is 0.659. The van der Waals surface area contributed by atoms with Gasteiger partial charge in [0.25, 0.3) is 0 Å². The number of fused-ring (bicyclic) bond motifs is 5. The van der Waals surface area contributed by atoms with Gasteiger partial charge < -0.3 is 9.47 Å². The molecule has 1 saturated heterocycles. The summed E-state index contributed by atoms with van der Waals surface area (Å²) in [6, 6.07) is 0. The first-order chi connectivity index (χ1) is 12.6. The Kier molecular flexibility index (Phi) is 4.14. The molecule has 3 saturated carbocycles. The van der Waals surface area contributed by atoms with E-state index in [9.17, 15) is 4.79 Å². The second-order valence-electron chi connectivity index (χ2n) is 9.81. The monoisotopic (exact) mass is 358 g/mol. The molecule has 1 heterocycles. The summed E-state index contributed by atoms with van der Waals surface area (Å²) in [5, 5.41) is 0. The molecule has 0 aromatic carbocycles. The van der Waals surface area contributed by atoms with Gasteiger partial charge in [-0.1, -0.05) is 25.8 Å².